The summed E-state index contributed by atoms with van der Waals surface area (Å²) in [5.74, 6) is -0.1000. The van der Waals surface area contributed by atoms with Gasteiger partial charge in [0.05, 0.1) is 0 Å². The Bertz CT molecular complexity index is 565. The highest BCUT2D eigenvalue weighted by molar-refractivity contribution is 5.97. The molecule has 0 spiro atoms. The van der Waals surface area contributed by atoms with Crippen LogP contribution in [-0.4, -0.2) is 36.6 Å². The van der Waals surface area contributed by atoms with Crippen LogP contribution in [0.15, 0.2) is 24.3 Å². The minimum Gasteiger partial charge on any atom is -0.349 e. The lowest BCUT2D eigenvalue weighted by atomic mass is 10.0. The predicted octanol–water partition coefficient (Wildman–Crippen LogP) is 2.51. The van der Waals surface area contributed by atoms with Crippen LogP contribution in [0.3, 0.4) is 0 Å². The number of halogens is 1. The zero-order valence-corrected chi connectivity index (χ0v) is 15.2. The number of carbonyl (C=O) groups is 2. The predicted molar refractivity (Wildman–Crippen MR) is 98.9 cm³/mol. The summed E-state index contributed by atoms with van der Waals surface area (Å²) in [6, 6.07) is 7.38. The maximum absolute atomic E-state index is 12.4. The summed E-state index contributed by atoms with van der Waals surface area (Å²) in [5, 5.41) is 11.9. The Morgan fingerprint density at radius 1 is 1.29 bits per heavy atom. The zero-order valence-electron chi connectivity index (χ0n) is 14.4. The fraction of sp³-hybridized carbons (Fsp3) is 0.529. The van der Waals surface area contributed by atoms with Gasteiger partial charge in [-0.15, -0.1) is 12.4 Å². The number of nitrogens with one attached hydrogen (secondary N) is 4. The van der Waals surface area contributed by atoms with E-state index in [0.717, 1.165) is 19.4 Å². The largest absolute Gasteiger partial charge is 0.349 e. The SMILES string of the molecule is CC(C)NC(=O)Nc1cccc(C(=O)NC2CCNC(C)C2)c1.Cl. The molecule has 3 amide bonds. The van der Waals surface area contributed by atoms with Gasteiger partial charge in [0.1, 0.15) is 0 Å². The molecule has 1 saturated heterocycles. The summed E-state index contributed by atoms with van der Waals surface area (Å²) >= 11 is 0. The van der Waals surface area contributed by atoms with Gasteiger partial charge in [0.25, 0.3) is 5.91 Å². The molecular weight excluding hydrogens is 328 g/mol. The average Bonchev–Trinajstić information content (AvgIpc) is 2.46. The fourth-order valence-electron chi connectivity index (χ4n) is 2.70. The molecule has 1 aromatic carbocycles. The third-order valence-corrected chi connectivity index (χ3v) is 3.76. The monoisotopic (exact) mass is 354 g/mol. The highest BCUT2D eigenvalue weighted by Gasteiger charge is 2.20. The molecule has 6 nitrogen and oxygen atoms in total. The quantitative estimate of drug-likeness (QED) is 0.670. The minimum atomic E-state index is -0.273. The van der Waals surface area contributed by atoms with Gasteiger partial charge >= 0.3 is 6.03 Å². The molecule has 24 heavy (non-hydrogen) atoms. The van der Waals surface area contributed by atoms with Gasteiger partial charge in [-0.1, -0.05) is 6.07 Å². The molecule has 1 fully saturated rings. The Labute approximate surface area is 149 Å². The van der Waals surface area contributed by atoms with E-state index in [1.54, 1.807) is 24.3 Å². The van der Waals surface area contributed by atoms with Gasteiger partial charge in [0.2, 0.25) is 0 Å². The first-order chi connectivity index (χ1) is 10.9. The van der Waals surface area contributed by atoms with Crippen LogP contribution >= 0.6 is 12.4 Å². The van der Waals surface area contributed by atoms with Crippen LogP contribution in [0.25, 0.3) is 0 Å². The molecule has 1 aliphatic heterocycles. The highest BCUT2D eigenvalue weighted by Crippen LogP contribution is 2.13. The smallest absolute Gasteiger partial charge is 0.319 e. The molecule has 0 aromatic heterocycles. The Morgan fingerprint density at radius 3 is 2.71 bits per heavy atom. The van der Waals surface area contributed by atoms with Gasteiger partial charge in [-0.3, -0.25) is 4.79 Å². The first-order valence-corrected chi connectivity index (χ1v) is 8.16. The maximum Gasteiger partial charge on any atom is 0.319 e. The van der Waals surface area contributed by atoms with E-state index < -0.39 is 0 Å². The van der Waals surface area contributed by atoms with E-state index in [1.165, 1.54) is 0 Å². The first-order valence-electron chi connectivity index (χ1n) is 8.16. The number of benzene rings is 1. The molecule has 0 saturated carbocycles. The first kappa shape index (κ1) is 20.3. The standard InChI is InChI=1S/C17H26N4O2.ClH/c1-11(2)19-17(23)21-14-6-4-5-13(10-14)16(22)20-15-7-8-18-12(3)9-15;/h4-6,10-12,15,18H,7-9H2,1-3H3,(H,20,22)(H2,19,21,23);1H. The van der Waals surface area contributed by atoms with Crippen molar-refractivity contribution in [1.82, 2.24) is 16.0 Å². The number of hydrogen-bond acceptors (Lipinski definition) is 3. The third kappa shape index (κ3) is 6.37. The van der Waals surface area contributed by atoms with Crippen LogP contribution < -0.4 is 21.3 Å². The maximum atomic E-state index is 12.4. The Kier molecular flexibility index (Phi) is 8.01. The van der Waals surface area contributed by atoms with E-state index in [-0.39, 0.29) is 36.4 Å². The van der Waals surface area contributed by atoms with Gasteiger partial charge in [-0.05, 0) is 58.4 Å². The summed E-state index contributed by atoms with van der Waals surface area (Å²) in [6.45, 7) is 6.83. The number of amides is 3. The second-order valence-corrected chi connectivity index (χ2v) is 6.38. The lowest BCUT2D eigenvalue weighted by Gasteiger charge is -2.28. The van der Waals surface area contributed by atoms with E-state index in [2.05, 4.69) is 28.2 Å². The van der Waals surface area contributed by atoms with Crippen molar-refractivity contribution in [2.24, 2.45) is 0 Å². The molecule has 4 N–H and O–H groups in total. The van der Waals surface area contributed by atoms with Crippen LogP contribution in [0.5, 0.6) is 0 Å². The summed E-state index contributed by atoms with van der Waals surface area (Å²) < 4.78 is 0. The van der Waals surface area contributed by atoms with Gasteiger partial charge in [-0.2, -0.15) is 0 Å². The highest BCUT2D eigenvalue weighted by atomic mass is 35.5. The van der Waals surface area contributed by atoms with Crippen molar-refractivity contribution in [2.45, 2.75) is 51.7 Å². The van der Waals surface area contributed by atoms with Crippen LogP contribution in [0.2, 0.25) is 0 Å². The molecule has 134 valence electrons. The number of carbonyl (C=O) groups excluding carboxylic acids is 2. The van der Waals surface area contributed by atoms with E-state index in [1.807, 2.05) is 13.8 Å². The topological polar surface area (TPSA) is 82.3 Å². The molecule has 7 heteroatoms. The Morgan fingerprint density at radius 2 is 2.04 bits per heavy atom. The van der Waals surface area contributed by atoms with Crippen LogP contribution in [0.4, 0.5) is 10.5 Å². The van der Waals surface area contributed by atoms with Crippen LogP contribution in [0, 0.1) is 0 Å². The normalized spacial score (nSPS) is 20.0. The molecule has 1 heterocycles. The summed E-state index contributed by atoms with van der Waals surface area (Å²) in [5.41, 5.74) is 1.16. The van der Waals surface area contributed by atoms with E-state index >= 15 is 0 Å². The van der Waals surface area contributed by atoms with Crippen LogP contribution in [0.1, 0.15) is 44.0 Å². The summed E-state index contributed by atoms with van der Waals surface area (Å²) in [6.07, 6.45) is 1.87. The minimum absolute atomic E-state index is 0. The van der Waals surface area contributed by atoms with Crippen molar-refractivity contribution >= 4 is 30.0 Å². The second-order valence-electron chi connectivity index (χ2n) is 6.38. The molecule has 1 aromatic rings. The van der Waals surface area contributed by atoms with Crippen LogP contribution in [-0.2, 0) is 0 Å². The Hall–Kier alpha value is -1.79. The molecular formula is C17H27ClN4O2. The van der Waals surface area contributed by atoms with Crippen molar-refractivity contribution < 1.29 is 9.59 Å². The van der Waals surface area contributed by atoms with E-state index in [9.17, 15) is 9.59 Å². The zero-order chi connectivity index (χ0) is 16.8. The molecule has 1 aliphatic rings. The lowest BCUT2D eigenvalue weighted by Crippen LogP contribution is -2.46. The van der Waals surface area contributed by atoms with Gasteiger partial charge in [0, 0.05) is 29.4 Å². The molecule has 2 unspecified atom stereocenters. The van der Waals surface area contributed by atoms with Crippen molar-refractivity contribution in [3.63, 3.8) is 0 Å². The van der Waals surface area contributed by atoms with Gasteiger partial charge in [-0.25, -0.2) is 4.79 Å². The average molecular weight is 355 g/mol. The summed E-state index contributed by atoms with van der Waals surface area (Å²) in [7, 11) is 0. The van der Waals surface area contributed by atoms with Crippen molar-refractivity contribution in [3.8, 4) is 0 Å². The Balaban J connectivity index is 0.00000288. The fourth-order valence-corrected chi connectivity index (χ4v) is 2.70. The molecule has 0 bridgehead atoms. The molecule has 0 aliphatic carbocycles. The molecule has 0 radical (unpaired) electrons. The number of hydrogen-bond donors (Lipinski definition) is 4. The third-order valence-electron chi connectivity index (χ3n) is 3.76. The molecule has 2 rings (SSSR count). The molecule has 2 atom stereocenters. The van der Waals surface area contributed by atoms with E-state index in [4.69, 9.17) is 0 Å². The number of urea groups is 1. The van der Waals surface area contributed by atoms with Gasteiger partial charge < -0.3 is 21.3 Å². The number of rotatable bonds is 4. The number of piperidine rings is 1. The van der Waals surface area contributed by atoms with Crippen molar-refractivity contribution in [3.05, 3.63) is 29.8 Å². The van der Waals surface area contributed by atoms with Crippen molar-refractivity contribution in [2.75, 3.05) is 11.9 Å². The van der Waals surface area contributed by atoms with Gasteiger partial charge in [0.15, 0.2) is 0 Å². The van der Waals surface area contributed by atoms with Crippen molar-refractivity contribution in [1.29, 1.82) is 0 Å². The second kappa shape index (κ2) is 9.49. The van der Waals surface area contributed by atoms with E-state index in [0.29, 0.717) is 17.3 Å². The lowest BCUT2D eigenvalue weighted by molar-refractivity contribution is 0.0925. The number of anilines is 1. The summed E-state index contributed by atoms with van der Waals surface area (Å²) in [4.78, 5) is 24.1.